The second-order valence-electron chi connectivity index (χ2n) is 4.17. The predicted octanol–water partition coefficient (Wildman–Crippen LogP) is 3.92. The van der Waals surface area contributed by atoms with Crippen LogP contribution in [0.25, 0.3) is 0 Å². The van der Waals surface area contributed by atoms with Crippen molar-refractivity contribution in [2.75, 3.05) is 0 Å². The van der Waals surface area contributed by atoms with Gasteiger partial charge in [-0.25, -0.2) is 4.39 Å². The van der Waals surface area contributed by atoms with Gasteiger partial charge in [-0.3, -0.25) is 0 Å². The van der Waals surface area contributed by atoms with Crippen molar-refractivity contribution < 1.29 is 4.39 Å². The maximum Gasteiger partial charge on any atom is 0.123 e. The number of unbranched alkanes of at least 4 members (excludes halogenated alkanes) is 1. The molecule has 1 aromatic carbocycles. The zero-order chi connectivity index (χ0) is 11.3. The first kappa shape index (κ1) is 11.9. The van der Waals surface area contributed by atoms with Crippen LogP contribution in [0.1, 0.15) is 38.7 Å². The summed E-state index contributed by atoms with van der Waals surface area (Å²) in [6, 6.07) is 6.47. The van der Waals surface area contributed by atoms with Gasteiger partial charge in [-0.2, -0.15) is 0 Å². The van der Waals surface area contributed by atoms with E-state index in [0.717, 1.165) is 24.8 Å². The molecule has 0 aliphatic rings. The van der Waals surface area contributed by atoms with Crippen LogP contribution in [0.5, 0.6) is 0 Å². The van der Waals surface area contributed by atoms with Crippen molar-refractivity contribution in [3.05, 3.63) is 35.6 Å². The Labute approximate surface area is 90.8 Å². The van der Waals surface area contributed by atoms with E-state index in [2.05, 4.69) is 6.92 Å². The van der Waals surface area contributed by atoms with Crippen LogP contribution in [-0.4, -0.2) is 6.21 Å². The fourth-order valence-electron chi connectivity index (χ4n) is 1.67. The molecule has 0 aliphatic heterocycles. The van der Waals surface area contributed by atoms with Gasteiger partial charge in [-0.05, 0) is 24.1 Å². The Kier molecular flexibility index (Phi) is 4.01. The van der Waals surface area contributed by atoms with Gasteiger partial charge in [0.2, 0.25) is 0 Å². The van der Waals surface area contributed by atoms with Crippen molar-refractivity contribution in [3.8, 4) is 0 Å². The largest absolute Gasteiger partial charge is 0.312 e. The monoisotopic (exact) mass is 207 g/mol. The fourth-order valence-corrected chi connectivity index (χ4v) is 1.67. The highest BCUT2D eigenvalue weighted by Gasteiger charge is 2.22. The highest BCUT2D eigenvalue weighted by atomic mass is 19.1. The minimum absolute atomic E-state index is 0.221. The van der Waals surface area contributed by atoms with Crippen LogP contribution < -0.4 is 0 Å². The lowest BCUT2D eigenvalue weighted by Crippen LogP contribution is -2.23. The molecule has 82 valence electrons. The first-order valence-electron chi connectivity index (χ1n) is 5.40. The second-order valence-corrected chi connectivity index (χ2v) is 4.17. The van der Waals surface area contributed by atoms with Gasteiger partial charge in [-0.15, -0.1) is 0 Å². The SMILES string of the molecule is CCCCC(C)(C=N)c1ccc(F)cc1. The van der Waals surface area contributed by atoms with E-state index >= 15 is 0 Å². The molecule has 1 atom stereocenters. The van der Waals surface area contributed by atoms with E-state index in [-0.39, 0.29) is 11.2 Å². The third-order valence-corrected chi connectivity index (χ3v) is 2.87. The van der Waals surface area contributed by atoms with Crippen molar-refractivity contribution >= 4 is 6.21 Å². The third-order valence-electron chi connectivity index (χ3n) is 2.87. The molecule has 1 rings (SSSR count). The van der Waals surface area contributed by atoms with Crippen LogP contribution in [0.4, 0.5) is 4.39 Å². The lowest BCUT2D eigenvalue weighted by atomic mass is 9.79. The van der Waals surface area contributed by atoms with Gasteiger partial charge in [0.1, 0.15) is 5.82 Å². The minimum atomic E-state index is -0.246. The number of rotatable bonds is 5. The fraction of sp³-hybridized carbons (Fsp3) is 0.462. The summed E-state index contributed by atoms with van der Waals surface area (Å²) in [6.45, 7) is 4.16. The number of halogens is 1. The first-order chi connectivity index (χ1) is 7.12. The number of hydrogen-bond acceptors (Lipinski definition) is 1. The van der Waals surface area contributed by atoms with Crippen LogP contribution in [0.3, 0.4) is 0 Å². The molecule has 2 heteroatoms. The Bertz CT molecular complexity index is 318. The summed E-state index contributed by atoms with van der Waals surface area (Å²) >= 11 is 0. The van der Waals surface area contributed by atoms with E-state index in [1.165, 1.54) is 18.3 Å². The molecule has 0 saturated carbocycles. The molecule has 15 heavy (non-hydrogen) atoms. The Morgan fingerprint density at radius 1 is 1.33 bits per heavy atom. The standard InChI is InChI=1S/C13H18FN/c1-3-4-9-13(2,10-15)11-5-7-12(14)8-6-11/h5-8,10,15H,3-4,9H2,1-2H3. The van der Waals surface area contributed by atoms with Gasteiger partial charge >= 0.3 is 0 Å². The van der Waals surface area contributed by atoms with Gasteiger partial charge in [0.25, 0.3) is 0 Å². The maximum absolute atomic E-state index is 12.8. The topological polar surface area (TPSA) is 23.9 Å². The molecule has 1 nitrogen and oxygen atoms in total. The predicted molar refractivity (Wildman–Crippen MR) is 62.1 cm³/mol. The summed E-state index contributed by atoms with van der Waals surface area (Å²) in [5, 5.41) is 7.51. The van der Waals surface area contributed by atoms with Gasteiger partial charge in [0.15, 0.2) is 0 Å². The highest BCUT2D eigenvalue weighted by Crippen LogP contribution is 2.27. The van der Waals surface area contributed by atoms with Crippen molar-refractivity contribution in [1.29, 1.82) is 5.41 Å². The number of hydrogen-bond donors (Lipinski definition) is 1. The lowest BCUT2D eigenvalue weighted by molar-refractivity contribution is 0.546. The van der Waals surface area contributed by atoms with E-state index in [1.54, 1.807) is 12.1 Å². The lowest BCUT2D eigenvalue weighted by Gasteiger charge is -2.25. The molecule has 0 heterocycles. The smallest absolute Gasteiger partial charge is 0.123 e. The van der Waals surface area contributed by atoms with E-state index in [0.29, 0.717) is 0 Å². The third kappa shape index (κ3) is 2.88. The molecular formula is C13H18FN. The van der Waals surface area contributed by atoms with Gasteiger partial charge in [0, 0.05) is 11.6 Å². The molecular weight excluding hydrogens is 189 g/mol. The Morgan fingerprint density at radius 3 is 2.40 bits per heavy atom. The molecule has 1 N–H and O–H groups in total. The van der Waals surface area contributed by atoms with Crippen molar-refractivity contribution in [2.45, 2.75) is 38.5 Å². The van der Waals surface area contributed by atoms with E-state index in [4.69, 9.17) is 5.41 Å². The average Bonchev–Trinajstić information content (AvgIpc) is 2.27. The maximum atomic E-state index is 12.8. The van der Waals surface area contributed by atoms with Crippen LogP contribution in [0.15, 0.2) is 24.3 Å². The average molecular weight is 207 g/mol. The summed E-state index contributed by atoms with van der Waals surface area (Å²) in [4.78, 5) is 0. The Morgan fingerprint density at radius 2 is 1.93 bits per heavy atom. The highest BCUT2D eigenvalue weighted by molar-refractivity contribution is 5.70. The Balaban J connectivity index is 2.89. The zero-order valence-electron chi connectivity index (χ0n) is 9.39. The first-order valence-corrected chi connectivity index (χ1v) is 5.40. The summed E-state index contributed by atoms with van der Waals surface area (Å²) in [5.41, 5.74) is 0.774. The molecule has 0 amide bonds. The zero-order valence-corrected chi connectivity index (χ0v) is 9.39. The van der Waals surface area contributed by atoms with E-state index in [1.807, 2.05) is 6.92 Å². The van der Waals surface area contributed by atoms with Crippen LogP contribution >= 0.6 is 0 Å². The van der Waals surface area contributed by atoms with E-state index in [9.17, 15) is 4.39 Å². The molecule has 1 aromatic rings. The van der Waals surface area contributed by atoms with Crippen LogP contribution in [-0.2, 0) is 5.41 Å². The van der Waals surface area contributed by atoms with E-state index < -0.39 is 0 Å². The number of nitrogens with one attached hydrogen (secondary N) is 1. The van der Waals surface area contributed by atoms with Gasteiger partial charge in [0.05, 0.1) is 0 Å². The summed E-state index contributed by atoms with van der Waals surface area (Å²) in [5.74, 6) is -0.221. The van der Waals surface area contributed by atoms with Gasteiger partial charge < -0.3 is 5.41 Å². The summed E-state index contributed by atoms with van der Waals surface area (Å²) in [6.07, 6.45) is 4.61. The molecule has 1 unspecified atom stereocenters. The van der Waals surface area contributed by atoms with Crippen molar-refractivity contribution in [3.63, 3.8) is 0 Å². The molecule has 0 bridgehead atoms. The normalized spacial score (nSPS) is 14.6. The quantitative estimate of drug-likeness (QED) is 0.707. The number of benzene rings is 1. The molecule has 0 aromatic heterocycles. The molecule has 0 radical (unpaired) electrons. The minimum Gasteiger partial charge on any atom is -0.312 e. The van der Waals surface area contributed by atoms with Crippen LogP contribution in [0.2, 0.25) is 0 Å². The second kappa shape index (κ2) is 5.06. The van der Waals surface area contributed by atoms with Crippen molar-refractivity contribution in [1.82, 2.24) is 0 Å². The molecule has 0 saturated heterocycles. The molecule has 0 aliphatic carbocycles. The van der Waals surface area contributed by atoms with Gasteiger partial charge in [-0.1, -0.05) is 38.8 Å². The van der Waals surface area contributed by atoms with Crippen LogP contribution in [0, 0.1) is 11.2 Å². The molecule has 0 fully saturated rings. The summed E-state index contributed by atoms with van der Waals surface area (Å²) < 4.78 is 12.8. The Hall–Kier alpha value is -1.18. The molecule has 0 spiro atoms. The van der Waals surface area contributed by atoms with Crippen molar-refractivity contribution in [2.24, 2.45) is 0 Å². The summed E-state index contributed by atoms with van der Waals surface area (Å²) in [7, 11) is 0.